The van der Waals surface area contributed by atoms with Crippen LogP contribution in [0.25, 0.3) is 10.9 Å². The van der Waals surface area contributed by atoms with Gasteiger partial charge in [0.15, 0.2) is 17.2 Å². The van der Waals surface area contributed by atoms with Crippen LogP contribution in [0.1, 0.15) is 10.5 Å². The fourth-order valence-electron chi connectivity index (χ4n) is 2.24. The number of H-pyrrole nitrogens is 1. The number of carbonyl (C=O) groups is 1. The van der Waals surface area contributed by atoms with E-state index in [0.29, 0.717) is 22.9 Å². The van der Waals surface area contributed by atoms with Crippen LogP contribution in [0.3, 0.4) is 0 Å². The van der Waals surface area contributed by atoms with E-state index in [0.717, 1.165) is 10.9 Å². The van der Waals surface area contributed by atoms with E-state index >= 15 is 0 Å². The zero-order valence-corrected chi connectivity index (χ0v) is 12.2. The van der Waals surface area contributed by atoms with Gasteiger partial charge in [0, 0.05) is 17.1 Å². The van der Waals surface area contributed by atoms with Crippen LogP contribution < -0.4 is 14.8 Å². The smallest absolute Gasteiger partial charge is 0.276 e. The number of para-hydroxylation sites is 1. The van der Waals surface area contributed by atoms with Crippen LogP contribution in [0.5, 0.6) is 11.5 Å². The molecule has 0 fully saturated rings. The number of hydrogen-bond acceptors (Lipinski definition) is 4. The number of ether oxygens (including phenoxy) is 2. The van der Waals surface area contributed by atoms with Gasteiger partial charge in [-0.2, -0.15) is 5.10 Å². The van der Waals surface area contributed by atoms with E-state index in [2.05, 4.69) is 15.5 Å². The highest BCUT2D eigenvalue weighted by atomic mass is 16.5. The molecule has 0 saturated carbocycles. The number of nitrogens with zero attached hydrogens (tertiary/aromatic N) is 1. The molecule has 6 heteroatoms. The van der Waals surface area contributed by atoms with Crippen molar-refractivity contribution in [1.82, 2.24) is 10.2 Å². The molecule has 0 saturated heterocycles. The molecule has 3 aromatic rings. The van der Waals surface area contributed by atoms with Crippen LogP contribution in [-0.2, 0) is 0 Å². The predicted molar refractivity (Wildman–Crippen MR) is 83.6 cm³/mol. The first-order valence-corrected chi connectivity index (χ1v) is 6.69. The van der Waals surface area contributed by atoms with Crippen LogP contribution in [-0.4, -0.2) is 30.3 Å². The summed E-state index contributed by atoms with van der Waals surface area (Å²) in [5.74, 6) is 0.863. The molecule has 6 nitrogen and oxygen atoms in total. The third-order valence-electron chi connectivity index (χ3n) is 3.33. The molecule has 1 amide bonds. The first-order chi connectivity index (χ1) is 10.7. The third-order valence-corrected chi connectivity index (χ3v) is 3.33. The van der Waals surface area contributed by atoms with Crippen molar-refractivity contribution in [3.63, 3.8) is 0 Å². The number of aromatic amines is 1. The van der Waals surface area contributed by atoms with Crippen molar-refractivity contribution in [3.05, 3.63) is 48.2 Å². The SMILES string of the molecule is COc1ccc(NC(=O)c2n[nH]c3ccccc23)cc1OC. The quantitative estimate of drug-likeness (QED) is 0.776. The van der Waals surface area contributed by atoms with Crippen LogP contribution >= 0.6 is 0 Å². The Morgan fingerprint density at radius 1 is 1.09 bits per heavy atom. The molecule has 2 aromatic carbocycles. The standard InChI is InChI=1S/C16H15N3O3/c1-21-13-8-7-10(9-14(13)22-2)17-16(20)15-11-5-3-4-6-12(11)18-19-15/h3-9H,1-2H3,(H,17,20)(H,18,19). The van der Waals surface area contributed by atoms with Gasteiger partial charge in [0.25, 0.3) is 5.91 Å². The van der Waals surface area contributed by atoms with Gasteiger partial charge >= 0.3 is 0 Å². The van der Waals surface area contributed by atoms with E-state index in [9.17, 15) is 4.79 Å². The van der Waals surface area contributed by atoms with Crippen LogP contribution in [0, 0.1) is 0 Å². The Labute approximate surface area is 127 Å². The largest absolute Gasteiger partial charge is 0.493 e. The molecule has 112 valence electrons. The van der Waals surface area contributed by atoms with E-state index in [4.69, 9.17) is 9.47 Å². The molecule has 0 unspecified atom stereocenters. The Morgan fingerprint density at radius 2 is 1.86 bits per heavy atom. The van der Waals surface area contributed by atoms with E-state index in [1.165, 1.54) is 0 Å². The summed E-state index contributed by atoms with van der Waals surface area (Å²) in [4.78, 5) is 12.4. The summed E-state index contributed by atoms with van der Waals surface area (Å²) in [7, 11) is 3.11. The van der Waals surface area contributed by atoms with Gasteiger partial charge in [-0.1, -0.05) is 18.2 Å². The summed E-state index contributed by atoms with van der Waals surface area (Å²) >= 11 is 0. The maximum atomic E-state index is 12.4. The summed E-state index contributed by atoms with van der Waals surface area (Å²) in [6.07, 6.45) is 0. The van der Waals surface area contributed by atoms with Gasteiger partial charge in [-0.3, -0.25) is 9.89 Å². The topological polar surface area (TPSA) is 76.2 Å². The maximum absolute atomic E-state index is 12.4. The van der Waals surface area contributed by atoms with Crippen molar-refractivity contribution in [3.8, 4) is 11.5 Å². The Balaban J connectivity index is 1.88. The molecule has 0 atom stereocenters. The lowest BCUT2D eigenvalue weighted by molar-refractivity contribution is 0.102. The first-order valence-electron chi connectivity index (χ1n) is 6.69. The second kappa shape index (κ2) is 5.77. The highest BCUT2D eigenvalue weighted by Gasteiger charge is 2.14. The summed E-state index contributed by atoms with van der Waals surface area (Å²) in [5.41, 5.74) is 1.78. The van der Waals surface area contributed by atoms with Crippen molar-refractivity contribution in [2.24, 2.45) is 0 Å². The lowest BCUT2D eigenvalue weighted by atomic mass is 10.2. The minimum Gasteiger partial charge on any atom is -0.493 e. The molecular weight excluding hydrogens is 282 g/mol. The second-order valence-corrected chi connectivity index (χ2v) is 4.64. The number of fused-ring (bicyclic) bond motifs is 1. The molecule has 2 N–H and O–H groups in total. The van der Waals surface area contributed by atoms with Gasteiger partial charge < -0.3 is 14.8 Å². The Kier molecular flexibility index (Phi) is 3.65. The number of nitrogens with one attached hydrogen (secondary N) is 2. The third kappa shape index (κ3) is 2.46. The highest BCUT2D eigenvalue weighted by molar-refractivity contribution is 6.11. The van der Waals surface area contributed by atoms with Gasteiger partial charge in [-0.05, 0) is 18.2 Å². The van der Waals surface area contributed by atoms with Gasteiger partial charge in [0.1, 0.15) is 0 Å². The number of amides is 1. The van der Waals surface area contributed by atoms with Gasteiger partial charge in [-0.15, -0.1) is 0 Å². The fraction of sp³-hybridized carbons (Fsp3) is 0.125. The van der Waals surface area contributed by atoms with Crippen molar-refractivity contribution < 1.29 is 14.3 Å². The van der Waals surface area contributed by atoms with Crippen molar-refractivity contribution >= 4 is 22.5 Å². The number of anilines is 1. The number of benzene rings is 2. The minimum absolute atomic E-state index is 0.287. The monoisotopic (exact) mass is 297 g/mol. The molecular formula is C16H15N3O3. The molecule has 22 heavy (non-hydrogen) atoms. The summed E-state index contributed by atoms with van der Waals surface area (Å²) < 4.78 is 10.4. The Morgan fingerprint density at radius 3 is 2.64 bits per heavy atom. The summed E-state index contributed by atoms with van der Waals surface area (Å²) in [6.45, 7) is 0. The number of aromatic nitrogens is 2. The molecule has 0 bridgehead atoms. The molecule has 1 heterocycles. The normalized spacial score (nSPS) is 10.5. The first kappa shape index (κ1) is 13.9. The highest BCUT2D eigenvalue weighted by Crippen LogP contribution is 2.30. The molecule has 1 aromatic heterocycles. The molecule has 0 aliphatic carbocycles. The zero-order chi connectivity index (χ0) is 15.5. The zero-order valence-electron chi connectivity index (χ0n) is 12.2. The number of hydrogen-bond donors (Lipinski definition) is 2. The van der Waals surface area contributed by atoms with Gasteiger partial charge in [0.2, 0.25) is 0 Å². The number of rotatable bonds is 4. The van der Waals surface area contributed by atoms with Gasteiger partial charge in [-0.25, -0.2) is 0 Å². The minimum atomic E-state index is -0.287. The second-order valence-electron chi connectivity index (χ2n) is 4.64. The Hall–Kier alpha value is -3.02. The van der Waals surface area contributed by atoms with E-state index < -0.39 is 0 Å². The average molecular weight is 297 g/mol. The van der Waals surface area contributed by atoms with Crippen LogP contribution in [0.4, 0.5) is 5.69 Å². The van der Waals surface area contributed by atoms with E-state index in [1.807, 2.05) is 24.3 Å². The predicted octanol–water partition coefficient (Wildman–Crippen LogP) is 2.83. The maximum Gasteiger partial charge on any atom is 0.276 e. The van der Waals surface area contributed by atoms with Crippen molar-refractivity contribution in [1.29, 1.82) is 0 Å². The fourth-order valence-corrected chi connectivity index (χ4v) is 2.24. The molecule has 0 aliphatic rings. The van der Waals surface area contributed by atoms with E-state index in [1.54, 1.807) is 32.4 Å². The average Bonchev–Trinajstić information content (AvgIpc) is 2.98. The lowest BCUT2D eigenvalue weighted by Crippen LogP contribution is -2.12. The van der Waals surface area contributed by atoms with Gasteiger partial charge in [0.05, 0.1) is 19.7 Å². The Bertz CT molecular complexity index is 826. The van der Waals surface area contributed by atoms with Crippen LogP contribution in [0.2, 0.25) is 0 Å². The number of methoxy groups -OCH3 is 2. The summed E-state index contributed by atoms with van der Waals surface area (Å²) in [6, 6.07) is 12.6. The van der Waals surface area contributed by atoms with Crippen molar-refractivity contribution in [2.45, 2.75) is 0 Å². The molecule has 3 rings (SSSR count). The number of carbonyl (C=O) groups excluding carboxylic acids is 1. The molecule has 0 spiro atoms. The molecule has 0 aliphatic heterocycles. The van der Waals surface area contributed by atoms with E-state index in [-0.39, 0.29) is 5.91 Å². The van der Waals surface area contributed by atoms with Crippen LogP contribution in [0.15, 0.2) is 42.5 Å². The molecule has 0 radical (unpaired) electrons. The lowest BCUT2D eigenvalue weighted by Gasteiger charge is -2.10. The summed E-state index contributed by atoms with van der Waals surface area (Å²) in [5, 5.41) is 10.5. The van der Waals surface area contributed by atoms with Crippen molar-refractivity contribution in [2.75, 3.05) is 19.5 Å².